The van der Waals surface area contributed by atoms with Crippen LogP contribution in [0.2, 0.25) is 0 Å². The zero-order chi connectivity index (χ0) is 14.1. The van der Waals surface area contributed by atoms with Gasteiger partial charge in [0.25, 0.3) is 5.56 Å². The fourth-order valence-corrected chi connectivity index (χ4v) is 3.17. The average molecular weight is 270 g/mol. The molecule has 106 valence electrons. The van der Waals surface area contributed by atoms with Gasteiger partial charge in [-0.15, -0.1) is 0 Å². The number of hydrogen-bond acceptors (Lipinski definition) is 2. The second-order valence-corrected chi connectivity index (χ2v) is 5.85. The predicted octanol–water partition coefficient (Wildman–Crippen LogP) is 3.04. The van der Waals surface area contributed by atoms with E-state index in [1.54, 1.807) is 0 Å². The zero-order valence-corrected chi connectivity index (χ0v) is 12.3. The third-order valence-corrected chi connectivity index (χ3v) is 4.50. The van der Waals surface area contributed by atoms with Crippen molar-refractivity contribution in [1.29, 1.82) is 0 Å². The number of benzene rings is 1. The summed E-state index contributed by atoms with van der Waals surface area (Å²) in [6.45, 7) is 7.62. The van der Waals surface area contributed by atoms with E-state index in [4.69, 9.17) is 0 Å². The Bertz CT molecular complexity index is 666. The molecule has 1 fully saturated rings. The number of nitrogens with one attached hydrogen (secondary N) is 1. The van der Waals surface area contributed by atoms with Crippen LogP contribution in [0.1, 0.15) is 36.9 Å². The summed E-state index contributed by atoms with van der Waals surface area (Å²) in [7, 11) is 0. The number of H-pyrrole nitrogens is 1. The predicted molar refractivity (Wildman–Crippen MR) is 83.4 cm³/mol. The number of pyridine rings is 1. The van der Waals surface area contributed by atoms with Crippen LogP contribution in [0.5, 0.6) is 0 Å². The molecule has 1 aromatic carbocycles. The second kappa shape index (κ2) is 5.41. The monoisotopic (exact) mass is 270 g/mol. The Labute approximate surface area is 119 Å². The summed E-state index contributed by atoms with van der Waals surface area (Å²) in [6, 6.07) is 8.27. The second-order valence-electron chi connectivity index (χ2n) is 5.85. The Morgan fingerprint density at radius 1 is 1.25 bits per heavy atom. The Morgan fingerprint density at radius 3 is 2.70 bits per heavy atom. The van der Waals surface area contributed by atoms with Crippen molar-refractivity contribution in [2.24, 2.45) is 0 Å². The van der Waals surface area contributed by atoms with Gasteiger partial charge in [0.1, 0.15) is 0 Å². The van der Waals surface area contributed by atoms with Gasteiger partial charge in [0.05, 0.1) is 0 Å². The molecule has 20 heavy (non-hydrogen) atoms. The van der Waals surface area contributed by atoms with Crippen molar-refractivity contribution in [2.75, 3.05) is 19.6 Å². The number of aromatic nitrogens is 1. The smallest absolute Gasteiger partial charge is 0.256 e. The minimum atomic E-state index is 0.0547. The molecule has 0 radical (unpaired) electrons. The quantitative estimate of drug-likeness (QED) is 0.910. The number of fused-ring (bicyclic) bond motifs is 1. The van der Waals surface area contributed by atoms with Gasteiger partial charge in [0.2, 0.25) is 0 Å². The van der Waals surface area contributed by atoms with Gasteiger partial charge in [-0.3, -0.25) is 4.79 Å². The largest absolute Gasteiger partial charge is 0.325 e. The fraction of sp³-hybridized carbons (Fsp3) is 0.471. The molecule has 0 unspecified atom stereocenters. The van der Waals surface area contributed by atoms with E-state index in [1.807, 2.05) is 13.0 Å². The summed E-state index contributed by atoms with van der Waals surface area (Å²) >= 11 is 0. The molecule has 3 heteroatoms. The zero-order valence-electron chi connectivity index (χ0n) is 12.3. The molecule has 0 atom stereocenters. The average Bonchev–Trinajstić information content (AvgIpc) is 2.48. The van der Waals surface area contributed by atoms with E-state index >= 15 is 0 Å². The maximum absolute atomic E-state index is 12.2. The van der Waals surface area contributed by atoms with Gasteiger partial charge in [-0.25, -0.2) is 0 Å². The van der Waals surface area contributed by atoms with E-state index in [0.717, 1.165) is 54.5 Å². The molecule has 0 spiro atoms. The molecule has 1 N–H and O–H groups in total. The highest BCUT2D eigenvalue weighted by Gasteiger charge is 2.20. The van der Waals surface area contributed by atoms with Gasteiger partial charge in [-0.05, 0) is 56.9 Å². The summed E-state index contributed by atoms with van der Waals surface area (Å²) in [4.78, 5) is 17.8. The van der Waals surface area contributed by atoms with E-state index in [1.165, 1.54) is 0 Å². The van der Waals surface area contributed by atoms with Gasteiger partial charge in [0.15, 0.2) is 0 Å². The van der Waals surface area contributed by atoms with Crippen molar-refractivity contribution >= 4 is 10.8 Å². The Balaban J connectivity index is 1.93. The molecule has 1 aromatic heterocycles. The normalized spacial score (nSPS) is 17.7. The van der Waals surface area contributed by atoms with Crippen LogP contribution in [0.4, 0.5) is 0 Å². The number of aryl methyl sites for hydroxylation is 1. The lowest BCUT2D eigenvalue weighted by Gasteiger charge is -2.31. The van der Waals surface area contributed by atoms with E-state index in [0.29, 0.717) is 5.92 Å². The number of piperidine rings is 1. The SMILES string of the molecule is CCN1CCC(c2cc3ccc(C)cc3c(=O)[nH]2)CC1. The number of nitrogens with zero attached hydrogens (tertiary/aromatic N) is 1. The highest BCUT2D eigenvalue weighted by Crippen LogP contribution is 2.27. The van der Waals surface area contributed by atoms with Crippen molar-refractivity contribution in [1.82, 2.24) is 9.88 Å². The summed E-state index contributed by atoms with van der Waals surface area (Å²) in [6.07, 6.45) is 2.28. The topological polar surface area (TPSA) is 36.1 Å². The van der Waals surface area contributed by atoms with E-state index in [-0.39, 0.29) is 5.56 Å². The molecule has 2 aromatic rings. The summed E-state index contributed by atoms with van der Waals surface area (Å²) in [5.41, 5.74) is 2.30. The summed E-state index contributed by atoms with van der Waals surface area (Å²) in [5.74, 6) is 0.496. The molecule has 1 aliphatic rings. The van der Waals surface area contributed by atoms with Gasteiger partial charge in [-0.1, -0.05) is 24.6 Å². The lowest BCUT2D eigenvalue weighted by molar-refractivity contribution is 0.221. The molecular weight excluding hydrogens is 248 g/mol. The number of aromatic amines is 1. The Morgan fingerprint density at radius 2 is 2.00 bits per heavy atom. The van der Waals surface area contributed by atoms with Crippen molar-refractivity contribution < 1.29 is 0 Å². The molecule has 3 nitrogen and oxygen atoms in total. The number of hydrogen-bond donors (Lipinski definition) is 1. The van der Waals surface area contributed by atoms with E-state index in [2.05, 4.69) is 35.0 Å². The standard InChI is InChI=1S/C17H22N2O/c1-3-19-8-6-13(7-9-19)16-11-14-5-4-12(2)10-15(14)17(20)18-16/h4-5,10-11,13H,3,6-9H2,1-2H3,(H,18,20). The lowest BCUT2D eigenvalue weighted by atomic mass is 9.92. The van der Waals surface area contributed by atoms with E-state index in [9.17, 15) is 4.79 Å². The molecule has 0 saturated carbocycles. The van der Waals surface area contributed by atoms with Gasteiger partial charge >= 0.3 is 0 Å². The molecule has 0 aliphatic carbocycles. The van der Waals surface area contributed by atoms with Crippen molar-refractivity contribution in [3.05, 3.63) is 45.9 Å². The van der Waals surface area contributed by atoms with Crippen LogP contribution < -0.4 is 5.56 Å². The van der Waals surface area contributed by atoms with Crippen molar-refractivity contribution in [3.8, 4) is 0 Å². The molecule has 0 amide bonds. The highest BCUT2D eigenvalue weighted by atomic mass is 16.1. The van der Waals surface area contributed by atoms with Crippen LogP contribution in [0.15, 0.2) is 29.1 Å². The summed E-state index contributed by atoms with van der Waals surface area (Å²) < 4.78 is 0. The van der Waals surface area contributed by atoms with Gasteiger partial charge in [0, 0.05) is 17.0 Å². The van der Waals surface area contributed by atoms with Crippen LogP contribution in [0, 0.1) is 6.92 Å². The van der Waals surface area contributed by atoms with Crippen LogP contribution in [0.25, 0.3) is 10.8 Å². The molecular formula is C17H22N2O. The first-order chi connectivity index (χ1) is 9.67. The molecule has 1 saturated heterocycles. The lowest BCUT2D eigenvalue weighted by Crippen LogP contribution is -2.33. The minimum absolute atomic E-state index is 0.0547. The van der Waals surface area contributed by atoms with E-state index < -0.39 is 0 Å². The third kappa shape index (κ3) is 2.50. The minimum Gasteiger partial charge on any atom is -0.325 e. The van der Waals surface area contributed by atoms with Crippen LogP contribution in [-0.2, 0) is 0 Å². The molecule has 1 aliphatic heterocycles. The number of likely N-dealkylation sites (tertiary alicyclic amines) is 1. The molecule has 2 heterocycles. The maximum atomic E-state index is 12.2. The summed E-state index contributed by atoms with van der Waals surface area (Å²) in [5, 5.41) is 1.87. The van der Waals surface area contributed by atoms with Crippen LogP contribution in [0.3, 0.4) is 0 Å². The molecule has 3 rings (SSSR count). The van der Waals surface area contributed by atoms with Gasteiger partial charge in [-0.2, -0.15) is 0 Å². The number of rotatable bonds is 2. The molecule has 0 bridgehead atoms. The maximum Gasteiger partial charge on any atom is 0.256 e. The first-order valence-electron chi connectivity index (χ1n) is 7.53. The fourth-order valence-electron chi connectivity index (χ4n) is 3.17. The first-order valence-corrected chi connectivity index (χ1v) is 7.53. The third-order valence-electron chi connectivity index (χ3n) is 4.50. The first kappa shape index (κ1) is 13.4. The van der Waals surface area contributed by atoms with Crippen LogP contribution >= 0.6 is 0 Å². The Kier molecular flexibility index (Phi) is 3.62. The Hall–Kier alpha value is -1.61. The van der Waals surface area contributed by atoms with Crippen molar-refractivity contribution in [3.63, 3.8) is 0 Å². The van der Waals surface area contributed by atoms with Gasteiger partial charge < -0.3 is 9.88 Å². The highest BCUT2D eigenvalue weighted by molar-refractivity contribution is 5.82. The van der Waals surface area contributed by atoms with Crippen molar-refractivity contribution in [2.45, 2.75) is 32.6 Å². The van der Waals surface area contributed by atoms with Crippen LogP contribution in [-0.4, -0.2) is 29.5 Å².